The first-order chi connectivity index (χ1) is 8.81. The van der Waals surface area contributed by atoms with E-state index in [2.05, 4.69) is 30.0 Å². The van der Waals surface area contributed by atoms with Crippen LogP contribution in [0.2, 0.25) is 0 Å². The van der Waals surface area contributed by atoms with E-state index in [0.29, 0.717) is 0 Å². The van der Waals surface area contributed by atoms with Crippen molar-refractivity contribution in [3.63, 3.8) is 0 Å². The van der Waals surface area contributed by atoms with E-state index in [0.717, 1.165) is 45.7 Å². The Hall–Kier alpha value is -1.06. The Kier molecular flexibility index (Phi) is 5.02. The fraction of sp³-hybridized carbons (Fsp3) is 0.600. The molecular weight excluding hydrogens is 224 g/mol. The van der Waals surface area contributed by atoms with Gasteiger partial charge >= 0.3 is 0 Å². The van der Waals surface area contributed by atoms with E-state index in [1.54, 1.807) is 0 Å². The molecule has 0 aliphatic carbocycles. The van der Waals surface area contributed by atoms with Crippen molar-refractivity contribution in [2.45, 2.75) is 26.2 Å². The minimum Gasteiger partial charge on any atom is -0.378 e. The molecule has 1 saturated heterocycles. The zero-order valence-electron chi connectivity index (χ0n) is 11.3. The van der Waals surface area contributed by atoms with Gasteiger partial charge in [0.15, 0.2) is 0 Å². The van der Waals surface area contributed by atoms with Crippen LogP contribution >= 0.6 is 0 Å². The summed E-state index contributed by atoms with van der Waals surface area (Å²) in [7, 11) is 0. The van der Waals surface area contributed by atoms with E-state index in [1.807, 2.05) is 0 Å². The normalized spacial score (nSPS) is 16.0. The van der Waals surface area contributed by atoms with Gasteiger partial charge in [-0.2, -0.15) is 0 Å². The lowest BCUT2D eigenvalue weighted by molar-refractivity contribution is 0.122. The van der Waals surface area contributed by atoms with Crippen LogP contribution in [0.3, 0.4) is 0 Å². The van der Waals surface area contributed by atoms with E-state index in [9.17, 15) is 0 Å². The van der Waals surface area contributed by atoms with Gasteiger partial charge in [0, 0.05) is 18.8 Å². The highest BCUT2D eigenvalue weighted by Crippen LogP contribution is 2.24. The zero-order valence-corrected chi connectivity index (χ0v) is 11.3. The SMILES string of the molecule is Cc1ccc(CCCCN)c(N2CCOCC2)c1. The summed E-state index contributed by atoms with van der Waals surface area (Å²) in [5.74, 6) is 0. The number of benzene rings is 1. The molecule has 1 aromatic carbocycles. The fourth-order valence-corrected chi connectivity index (χ4v) is 2.44. The molecule has 0 bridgehead atoms. The summed E-state index contributed by atoms with van der Waals surface area (Å²) in [6.07, 6.45) is 3.41. The third-order valence-electron chi connectivity index (χ3n) is 3.49. The van der Waals surface area contributed by atoms with Crippen molar-refractivity contribution in [3.8, 4) is 0 Å². The largest absolute Gasteiger partial charge is 0.378 e. The lowest BCUT2D eigenvalue weighted by Crippen LogP contribution is -2.36. The van der Waals surface area contributed by atoms with Crippen LogP contribution in [-0.4, -0.2) is 32.8 Å². The second-order valence-corrected chi connectivity index (χ2v) is 4.98. The van der Waals surface area contributed by atoms with Crippen LogP contribution in [0.25, 0.3) is 0 Å². The van der Waals surface area contributed by atoms with Gasteiger partial charge in [0.2, 0.25) is 0 Å². The summed E-state index contributed by atoms with van der Waals surface area (Å²) in [5.41, 5.74) is 9.76. The fourth-order valence-electron chi connectivity index (χ4n) is 2.44. The molecule has 2 N–H and O–H groups in total. The first-order valence-corrected chi connectivity index (χ1v) is 6.93. The van der Waals surface area contributed by atoms with Crippen LogP contribution in [0.15, 0.2) is 18.2 Å². The molecule has 0 aromatic heterocycles. The van der Waals surface area contributed by atoms with E-state index in [1.165, 1.54) is 23.2 Å². The maximum Gasteiger partial charge on any atom is 0.0642 e. The van der Waals surface area contributed by atoms with Crippen molar-refractivity contribution >= 4 is 5.69 Å². The third-order valence-corrected chi connectivity index (χ3v) is 3.49. The highest BCUT2D eigenvalue weighted by atomic mass is 16.5. The van der Waals surface area contributed by atoms with Gasteiger partial charge in [-0.25, -0.2) is 0 Å². The average molecular weight is 248 g/mol. The first kappa shape index (κ1) is 13.4. The summed E-state index contributed by atoms with van der Waals surface area (Å²) in [4.78, 5) is 2.45. The summed E-state index contributed by atoms with van der Waals surface area (Å²) < 4.78 is 5.43. The van der Waals surface area contributed by atoms with E-state index >= 15 is 0 Å². The monoisotopic (exact) mass is 248 g/mol. The van der Waals surface area contributed by atoms with Crippen molar-refractivity contribution in [2.75, 3.05) is 37.7 Å². The second-order valence-electron chi connectivity index (χ2n) is 4.98. The molecule has 1 fully saturated rings. The smallest absolute Gasteiger partial charge is 0.0642 e. The molecule has 0 spiro atoms. The minimum atomic E-state index is 0.790. The number of anilines is 1. The maximum absolute atomic E-state index is 5.57. The molecule has 0 radical (unpaired) electrons. The molecule has 1 aliphatic rings. The maximum atomic E-state index is 5.57. The van der Waals surface area contributed by atoms with E-state index < -0.39 is 0 Å². The van der Waals surface area contributed by atoms with Crippen LogP contribution in [0, 0.1) is 6.92 Å². The van der Waals surface area contributed by atoms with E-state index in [-0.39, 0.29) is 0 Å². The Morgan fingerprint density at radius 2 is 2.00 bits per heavy atom. The molecule has 18 heavy (non-hydrogen) atoms. The van der Waals surface area contributed by atoms with Crippen molar-refractivity contribution < 1.29 is 4.74 Å². The number of rotatable bonds is 5. The molecule has 3 heteroatoms. The number of hydrogen-bond donors (Lipinski definition) is 1. The standard InChI is InChI=1S/C15H24N2O/c1-13-5-6-14(4-2-3-7-16)15(12-13)17-8-10-18-11-9-17/h5-6,12H,2-4,7-11,16H2,1H3. The highest BCUT2D eigenvalue weighted by molar-refractivity contribution is 5.55. The van der Waals surface area contributed by atoms with Crippen molar-refractivity contribution in [2.24, 2.45) is 5.73 Å². The van der Waals surface area contributed by atoms with Crippen LogP contribution in [0.1, 0.15) is 24.0 Å². The van der Waals surface area contributed by atoms with E-state index in [4.69, 9.17) is 10.5 Å². The Balaban J connectivity index is 2.11. The number of aryl methyl sites for hydroxylation is 2. The molecule has 0 saturated carbocycles. The molecule has 1 aliphatic heterocycles. The van der Waals surface area contributed by atoms with Gasteiger partial charge < -0.3 is 15.4 Å². The molecule has 0 amide bonds. The van der Waals surface area contributed by atoms with Crippen molar-refractivity contribution in [3.05, 3.63) is 29.3 Å². The number of nitrogens with two attached hydrogens (primary N) is 1. The van der Waals surface area contributed by atoms with Crippen LogP contribution in [0.4, 0.5) is 5.69 Å². The van der Waals surface area contributed by atoms with Crippen molar-refractivity contribution in [1.29, 1.82) is 0 Å². The van der Waals surface area contributed by atoms with Crippen LogP contribution in [0.5, 0.6) is 0 Å². The zero-order chi connectivity index (χ0) is 12.8. The number of morpholine rings is 1. The Morgan fingerprint density at radius 3 is 2.72 bits per heavy atom. The van der Waals surface area contributed by atoms with Gasteiger partial charge in [0.25, 0.3) is 0 Å². The van der Waals surface area contributed by atoms with Gasteiger partial charge in [-0.1, -0.05) is 12.1 Å². The minimum absolute atomic E-state index is 0.790. The van der Waals surface area contributed by atoms with Crippen LogP contribution in [-0.2, 0) is 11.2 Å². The Labute approximate surface area is 110 Å². The molecule has 1 heterocycles. The lowest BCUT2D eigenvalue weighted by Gasteiger charge is -2.31. The van der Waals surface area contributed by atoms with Gasteiger partial charge in [-0.15, -0.1) is 0 Å². The number of ether oxygens (including phenoxy) is 1. The molecule has 0 atom stereocenters. The summed E-state index contributed by atoms with van der Waals surface area (Å²) in [5, 5.41) is 0. The molecular formula is C15H24N2O. The predicted octanol–water partition coefficient (Wildman–Crippen LogP) is 2.11. The molecule has 100 valence electrons. The summed E-state index contributed by atoms with van der Waals surface area (Å²) in [6.45, 7) is 6.65. The third kappa shape index (κ3) is 3.47. The summed E-state index contributed by atoms with van der Waals surface area (Å²) in [6, 6.07) is 6.79. The van der Waals surface area contributed by atoms with Gasteiger partial charge in [0.1, 0.15) is 0 Å². The predicted molar refractivity (Wildman–Crippen MR) is 76.2 cm³/mol. The second kappa shape index (κ2) is 6.76. The van der Waals surface area contributed by atoms with Gasteiger partial charge in [-0.3, -0.25) is 0 Å². The van der Waals surface area contributed by atoms with Gasteiger partial charge in [-0.05, 0) is 49.9 Å². The molecule has 2 rings (SSSR count). The molecule has 3 nitrogen and oxygen atoms in total. The number of nitrogens with zero attached hydrogens (tertiary/aromatic N) is 1. The first-order valence-electron chi connectivity index (χ1n) is 6.93. The topological polar surface area (TPSA) is 38.5 Å². The lowest BCUT2D eigenvalue weighted by atomic mass is 10.0. The quantitative estimate of drug-likeness (QED) is 0.811. The molecule has 1 aromatic rings. The highest BCUT2D eigenvalue weighted by Gasteiger charge is 2.14. The van der Waals surface area contributed by atoms with Gasteiger partial charge in [0.05, 0.1) is 13.2 Å². The number of unbranched alkanes of at least 4 members (excludes halogenated alkanes) is 1. The Morgan fingerprint density at radius 1 is 1.22 bits per heavy atom. The summed E-state index contributed by atoms with van der Waals surface area (Å²) >= 11 is 0. The Bertz CT molecular complexity index is 373. The molecule has 0 unspecified atom stereocenters. The average Bonchev–Trinajstić information content (AvgIpc) is 2.41. The van der Waals surface area contributed by atoms with Crippen molar-refractivity contribution in [1.82, 2.24) is 0 Å². The van der Waals surface area contributed by atoms with Crippen LogP contribution < -0.4 is 10.6 Å². The number of hydrogen-bond acceptors (Lipinski definition) is 3.